The van der Waals surface area contributed by atoms with E-state index in [9.17, 15) is 54.0 Å². The maximum atomic E-state index is 13.0. The van der Waals surface area contributed by atoms with Crippen LogP contribution in [0, 0.1) is 47.5 Å². The summed E-state index contributed by atoms with van der Waals surface area (Å²) in [5.74, 6) is -2.62. The van der Waals surface area contributed by atoms with E-state index in [0.717, 1.165) is 49.5 Å². The molecular weight excluding hydrogens is 1580 g/mol. The molecule has 9 N–H and O–H groups in total. The van der Waals surface area contributed by atoms with Gasteiger partial charge >= 0.3 is 0 Å². The first-order valence-electron chi connectivity index (χ1n) is 34.4. The van der Waals surface area contributed by atoms with Crippen molar-refractivity contribution >= 4 is 168 Å². The number of fused-ring (bicyclic) bond motifs is 3. The molecule has 9 aromatic rings. The lowest BCUT2D eigenvalue weighted by Crippen LogP contribution is -2.38. The first-order valence-corrected chi connectivity index (χ1v) is 41.6. The zero-order valence-electron chi connectivity index (χ0n) is 61.2. The fourth-order valence-electron chi connectivity index (χ4n) is 11.4. The molecule has 6 amide bonds. The maximum absolute atomic E-state index is 13.0. The standard InChI is InChI=1S/C26H31Cl2N3O5S.C25H29Cl2N3O5S.C24H27Cl2N3O5S/c1-15(2)25(32)29-9-11-37(34,35)31-26(33)24-21(20-8-7-18(27)14-22(20)30-24)6-5-10-36-19-12-16(3)23(28)17(4)13-19;1-4-22(31)28-9-11-36(33,34)30-25(32)24-20(19-8-7-17(26)14-21(19)29-24)6-5-10-35-18-12-15(2)23(27)16(3)13-18;1-14-11-18(12-15(2)22(14)26)34-9-4-5-20-19-7-6-17(25)13-21(19)28-23(20)24(31)29-35(32,33)10-8-27-16(3)30/h7-8,12-15,30H,5-6,9-11H2,1-4H3,(H,29,32)(H,31,33);7-8,12-14,29H,4-6,9-11H2,1-3H3,(H,28,31)(H,30,32);6-7,11-13,28H,4-5,8-10H2,1-3H3,(H,27,30)(H,29,31). The molecule has 0 bridgehead atoms. The highest BCUT2D eigenvalue weighted by molar-refractivity contribution is 7.90. The average molecular weight is 1660 g/mol. The molecule has 0 fully saturated rings. The average Bonchev–Trinajstić information content (AvgIpc) is 1.65. The summed E-state index contributed by atoms with van der Waals surface area (Å²) in [7, 11) is -11.9. The SMILES string of the molecule is CC(=O)NCCS(=O)(=O)NC(=O)c1[nH]c2cc(Cl)ccc2c1CCCOc1cc(C)c(Cl)c(C)c1.CCC(=O)NCCS(=O)(=O)NC(=O)c1[nH]c2cc(Cl)ccc2c1CCCOc1cc(C)c(Cl)c(C)c1.Cc1cc(OCCCc2c(C(=O)NS(=O)(=O)CCNC(=O)C(C)C)[nH]c3cc(Cl)ccc23)cc(C)c1Cl. The normalized spacial score (nSPS) is 11.5. The van der Waals surface area contributed by atoms with Crippen LogP contribution in [0.4, 0.5) is 0 Å². The number of halogens is 6. The van der Waals surface area contributed by atoms with Crippen LogP contribution < -0.4 is 44.3 Å². The second kappa shape index (κ2) is 39.4. The third kappa shape index (κ3) is 25.4. The molecule has 0 radical (unpaired) electrons. The molecule has 0 spiro atoms. The molecular formula is C75H87Cl6N9O15S3. The molecule has 3 heterocycles. The quantitative estimate of drug-likeness (QED) is 0.0177. The van der Waals surface area contributed by atoms with Crippen LogP contribution in [0.15, 0.2) is 91.0 Å². The molecule has 0 aliphatic carbocycles. The van der Waals surface area contributed by atoms with Crippen LogP contribution in [0.2, 0.25) is 30.1 Å². The van der Waals surface area contributed by atoms with Crippen LogP contribution in [0.25, 0.3) is 32.7 Å². The van der Waals surface area contributed by atoms with Gasteiger partial charge in [0.05, 0.1) is 37.1 Å². The number of sulfonamides is 3. The number of carbonyl (C=O) groups excluding carboxylic acids is 6. The van der Waals surface area contributed by atoms with Crippen LogP contribution >= 0.6 is 69.6 Å². The van der Waals surface area contributed by atoms with Crippen LogP contribution in [0.3, 0.4) is 0 Å². The third-order valence-corrected chi connectivity index (χ3v) is 22.9. The number of H-pyrrole nitrogens is 3. The van der Waals surface area contributed by atoms with Crippen molar-refractivity contribution < 1.29 is 68.2 Å². The maximum Gasteiger partial charge on any atom is 0.281 e. The van der Waals surface area contributed by atoms with Gasteiger partial charge in [0.25, 0.3) is 17.7 Å². The van der Waals surface area contributed by atoms with Crippen molar-refractivity contribution in [3.8, 4) is 17.2 Å². The topological polar surface area (TPSA) is 352 Å². The number of amides is 6. The summed E-state index contributed by atoms with van der Waals surface area (Å²) in [5, 5.41) is 13.3. The zero-order chi connectivity index (χ0) is 79.5. The van der Waals surface area contributed by atoms with Crippen LogP contribution in [-0.4, -0.2) is 132 Å². The highest BCUT2D eigenvalue weighted by Crippen LogP contribution is 2.33. The number of nitrogens with one attached hydrogen (secondary N) is 9. The summed E-state index contributed by atoms with van der Waals surface area (Å²) in [6.45, 7) is 18.7. The van der Waals surface area contributed by atoms with E-state index in [4.69, 9.17) is 83.8 Å². The van der Waals surface area contributed by atoms with E-state index in [2.05, 4.69) is 45.1 Å². The van der Waals surface area contributed by atoms with Crippen LogP contribution in [0.5, 0.6) is 17.2 Å². The minimum atomic E-state index is -3.98. The second-order valence-electron chi connectivity index (χ2n) is 25.9. The van der Waals surface area contributed by atoms with Crippen LogP contribution in [0.1, 0.15) is 135 Å². The van der Waals surface area contributed by atoms with E-state index in [-0.39, 0.29) is 66.8 Å². The fraction of sp³-hybridized carbons (Fsp3) is 0.360. The number of rotatable bonds is 32. The molecule has 3 aromatic heterocycles. The van der Waals surface area contributed by atoms with E-state index >= 15 is 0 Å². The Labute approximate surface area is 658 Å². The highest BCUT2D eigenvalue weighted by atomic mass is 35.5. The first-order chi connectivity index (χ1) is 50.8. The molecule has 0 aliphatic rings. The monoisotopic (exact) mass is 1660 g/mol. The summed E-state index contributed by atoms with van der Waals surface area (Å²) in [6, 6.07) is 26.8. The Kier molecular flexibility index (Phi) is 31.7. The number of hydrogen-bond donors (Lipinski definition) is 9. The number of carbonyl (C=O) groups is 6. The number of aromatic amines is 3. The van der Waals surface area contributed by atoms with Crippen molar-refractivity contribution in [3.05, 3.63) is 188 Å². The van der Waals surface area contributed by atoms with Crippen molar-refractivity contribution in [2.45, 2.75) is 114 Å². The molecule has 582 valence electrons. The molecule has 0 atom stereocenters. The molecule has 0 unspecified atom stereocenters. The number of aromatic nitrogens is 3. The minimum absolute atomic E-state index is 0.0918. The van der Waals surface area contributed by atoms with Gasteiger partial charge in [-0.3, -0.25) is 28.8 Å². The summed E-state index contributed by atoms with van der Waals surface area (Å²) in [5.41, 5.74) is 9.85. The zero-order valence-corrected chi connectivity index (χ0v) is 68.2. The van der Waals surface area contributed by atoms with Gasteiger partial charge in [-0.25, -0.2) is 39.4 Å². The summed E-state index contributed by atoms with van der Waals surface area (Å²) >= 11 is 37.0. The lowest BCUT2D eigenvalue weighted by atomic mass is 10.1. The molecule has 0 aliphatic heterocycles. The smallest absolute Gasteiger partial charge is 0.281 e. The Morgan fingerprint density at radius 1 is 0.417 bits per heavy atom. The number of aryl methyl sites for hydroxylation is 9. The minimum Gasteiger partial charge on any atom is -0.494 e. The van der Waals surface area contributed by atoms with Crippen LogP contribution in [-0.2, 0) is 63.7 Å². The van der Waals surface area contributed by atoms with E-state index in [1.807, 2.05) is 77.9 Å². The molecule has 6 aromatic carbocycles. The van der Waals surface area contributed by atoms with Crippen molar-refractivity contribution in [1.82, 2.24) is 45.1 Å². The first kappa shape index (κ1) is 87.0. The van der Waals surface area contributed by atoms with Gasteiger partial charge in [-0.1, -0.05) is 109 Å². The van der Waals surface area contributed by atoms with Gasteiger partial charge in [0.15, 0.2) is 0 Å². The summed E-state index contributed by atoms with van der Waals surface area (Å²) < 4.78 is 98.4. The highest BCUT2D eigenvalue weighted by Gasteiger charge is 2.27. The van der Waals surface area contributed by atoms with Crippen molar-refractivity contribution in [2.24, 2.45) is 5.92 Å². The van der Waals surface area contributed by atoms with E-state index < -0.39 is 65.0 Å². The number of ether oxygens (including phenoxy) is 3. The molecule has 0 saturated heterocycles. The van der Waals surface area contributed by atoms with E-state index in [1.54, 1.807) is 75.4 Å². The Hall–Kier alpha value is -8.25. The van der Waals surface area contributed by atoms with Crippen molar-refractivity contribution in [2.75, 3.05) is 56.7 Å². The second-order valence-corrected chi connectivity index (χ2v) is 33.8. The third-order valence-electron chi connectivity index (χ3n) is 16.7. The molecule has 108 heavy (non-hydrogen) atoms. The van der Waals surface area contributed by atoms with Gasteiger partial charge in [0.2, 0.25) is 47.8 Å². The predicted octanol–water partition coefficient (Wildman–Crippen LogP) is 13.9. The van der Waals surface area contributed by atoms with E-state index in [1.165, 1.54) is 6.92 Å². The fourth-order valence-corrected chi connectivity index (χ4v) is 14.8. The van der Waals surface area contributed by atoms with Crippen molar-refractivity contribution in [3.63, 3.8) is 0 Å². The molecule has 24 nitrogen and oxygen atoms in total. The Morgan fingerprint density at radius 2 is 0.694 bits per heavy atom. The molecule has 9 rings (SSSR count). The lowest BCUT2D eigenvalue weighted by Gasteiger charge is -2.11. The van der Waals surface area contributed by atoms with E-state index in [0.29, 0.717) is 139 Å². The Bertz CT molecular complexity index is 5110. The largest absolute Gasteiger partial charge is 0.494 e. The summed E-state index contributed by atoms with van der Waals surface area (Å²) in [4.78, 5) is 81.9. The summed E-state index contributed by atoms with van der Waals surface area (Å²) in [6.07, 6.45) is 3.35. The number of benzene rings is 6. The number of hydrogen-bond acceptors (Lipinski definition) is 15. The lowest BCUT2D eigenvalue weighted by molar-refractivity contribution is -0.124. The predicted molar refractivity (Wildman–Crippen MR) is 428 cm³/mol. The van der Waals surface area contributed by atoms with Gasteiger partial charge < -0.3 is 45.1 Å². The molecule has 0 saturated carbocycles. The Balaban J connectivity index is 0.000000226. The van der Waals surface area contributed by atoms with Gasteiger partial charge in [-0.2, -0.15) is 0 Å². The Morgan fingerprint density at radius 3 is 0.963 bits per heavy atom. The van der Waals surface area contributed by atoms with Gasteiger partial charge in [-0.15, -0.1) is 0 Å². The van der Waals surface area contributed by atoms with Gasteiger partial charge in [-0.05, 0) is 203 Å². The van der Waals surface area contributed by atoms with Gasteiger partial charge in [0.1, 0.15) is 34.3 Å². The van der Waals surface area contributed by atoms with Crippen molar-refractivity contribution in [1.29, 1.82) is 0 Å². The van der Waals surface area contributed by atoms with Gasteiger partial charge in [0, 0.05) is 102 Å². The molecule has 33 heteroatoms.